The molecule has 0 radical (unpaired) electrons. The molecule has 1 atom stereocenters. The van der Waals surface area contributed by atoms with E-state index >= 15 is 0 Å². The van der Waals surface area contributed by atoms with Crippen molar-refractivity contribution in [3.8, 4) is 5.75 Å². The van der Waals surface area contributed by atoms with Crippen LogP contribution in [0.1, 0.15) is 6.92 Å². The third-order valence-corrected chi connectivity index (χ3v) is 6.30. The summed E-state index contributed by atoms with van der Waals surface area (Å²) < 4.78 is 7.01. The molecule has 0 aliphatic heterocycles. The monoisotopic (exact) mass is 463 g/mol. The highest BCUT2D eigenvalue weighted by Crippen LogP contribution is 2.32. The number of nitrogens with one attached hydrogen (secondary N) is 3. The van der Waals surface area contributed by atoms with Gasteiger partial charge < -0.3 is 10.1 Å². The molecule has 30 heavy (non-hydrogen) atoms. The Kier molecular flexibility index (Phi) is 7.03. The summed E-state index contributed by atoms with van der Waals surface area (Å²) in [5.41, 5.74) is 6.37. The van der Waals surface area contributed by atoms with E-state index in [1.54, 1.807) is 6.92 Å². The lowest BCUT2D eigenvalue weighted by Crippen LogP contribution is -2.46. The number of nitro groups is 1. The molecule has 3 N–H and O–H groups in total. The van der Waals surface area contributed by atoms with E-state index in [1.807, 2.05) is 24.3 Å². The number of amides is 1. The molecule has 0 saturated carbocycles. The quantitative estimate of drug-likeness (QED) is 0.217. The summed E-state index contributed by atoms with van der Waals surface area (Å²) in [7, 11) is 1.39. The molecule has 1 aromatic heterocycles. The van der Waals surface area contributed by atoms with E-state index in [0.717, 1.165) is 14.6 Å². The zero-order valence-corrected chi connectivity index (χ0v) is 18.3. The van der Waals surface area contributed by atoms with Gasteiger partial charge in [-0.15, -0.1) is 11.3 Å². The number of non-ortho nitro benzene ring substituents is 1. The Morgan fingerprint density at radius 1 is 1.30 bits per heavy atom. The molecule has 9 nitrogen and oxygen atoms in total. The molecule has 3 aromatic rings. The second-order valence-electron chi connectivity index (χ2n) is 5.92. The van der Waals surface area contributed by atoms with E-state index in [1.165, 1.54) is 48.4 Å². The number of carbonyl (C=O) groups is 1. The van der Waals surface area contributed by atoms with Crippen molar-refractivity contribution >= 4 is 67.9 Å². The average molecular weight is 464 g/mol. The number of benzene rings is 2. The summed E-state index contributed by atoms with van der Waals surface area (Å²) in [6, 6.07) is 11.9. The second kappa shape index (κ2) is 9.69. The Labute approximate surface area is 185 Å². The summed E-state index contributed by atoms with van der Waals surface area (Å²) in [5, 5.41) is 13.4. The molecule has 156 valence electrons. The van der Waals surface area contributed by atoms with Gasteiger partial charge in [-0.25, -0.2) is 4.98 Å². The maximum absolute atomic E-state index is 12.4. The molecule has 1 amide bonds. The molecule has 0 bridgehead atoms. The van der Waals surface area contributed by atoms with Gasteiger partial charge in [-0.05, 0) is 37.3 Å². The van der Waals surface area contributed by atoms with Gasteiger partial charge in [-0.3, -0.25) is 25.8 Å². The predicted octanol–water partition coefficient (Wildman–Crippen LogP) is 3.71. The van der Waals surface area contributed by atoms with Crippen LogP contribution in [0.15, 0.2) is 46.8 Å². The summed E-state index contributed by atoms with van der Waals surface area (Å²) in [6.07, 6.45) is 0. The van der Waals surface area contributed by atoms with Crippen LogP contribution in [-0.4, -0.2) is 33.3 Å². The van der Waals surface area contributed by atoms with Crippen molar-refractivity contribution in [1.82, 2.24) is 15.8 Å². The molecule has 2 aromatic carbocycles. The number of para-hydroxylation sites is 1. The van der Waals surface area contributed by atoms with Crippen LogP contribution in [0, 0.1) is 10.1 Å². The number of anilines is 1. The van der Waals surface area contributed by atoms with E-state index < -0.39 is 10.2 Å². The van der Waals surface area contributed by atoms with Crippen molar-refractivity contribution in [3.05, 3.63) is 52.6 Å². The summed E-state index contributed by atoms with van der Waals surface area (Å²) in [6.45, 7) is 1.77. The van der Waals surface area contributed by atoms with Crippen LogP contribution < -0.4 is 20.9 Å². The Balaban J connectivity index is 1.53. The molecule has 12 heteroatoms. The normalized spacial score (nSPS) is 11.5. The molecular formula is C18H17N5O4S3. The van der Waals surface area contributed by atoms with Crippen LogP contribution in [0.2, 0.25) is 0 Å². The van der Waals surface area contributed by atoms with Crippen molar-refractivity contribution in [1.29, 1.82) is 0 Å². The maximum Gasteiger partial charge on any atom is 0.273 e. The van der Waals surface area contributed by atoms with Gasteiger partial charge in [0.05, 0.1) is 39.3 Å². The fourth-order valence-corrected chi connectivity index (χ4v) is 4.75. The second-order valence-corrected chi connectivity index (χ2v) is 8.94. The van der Waals surface area contributed by atoms with Crippen LogP contribution in [-0.2, 0) is 4.79 Å². The standard InChI is InChI=1S/C18H17N5O4S3/c1-10(29-18-20-13-5-3-4-6-15(13)30-18)16(24)21-22-17(28)19-12-8-7-11(23(25)26)9-14(12)27-2/h3-10H,1-2H3,(H,21,24)(H2,19,22,28)/t10-/m0/s1. The number of thiocarbonyl (C=S) groups is 1. The zero-order chi connectivity index (χ0) is 21.7. The van der Waals surface area contributed by atoms with Crippen LogP contribution >= 0.6 is 35.3 Å². The minimum Gasteiger partial charge on any atom is -0.494 e. The Hall–Kier alpha value is -2.96. The van der Waals surface area contributed by atoms with E-state index in [0.29, 0.717) is 5.69 Å². The Bertz CT molecular complexity index is 1070. The van der Waals surface area contributed by atoms with Gasteiger partial charge >= 0.3 is 0 Å². The number of fused-ring (bicyclic) bond motifs is 1. The van der Waals surface area contributed by atoms with Crippen molar-refractivity contribution < 1.29 is 14.5 Å². The van der Waals surface area contributed by atoms with E-state index in [-0.39, 0.29) is 22.5 Å². The lowest BCUT2D eigenvalue weighted by atomic mass is 10.2. The average Bonchev–Trinajstić information content (AvgIpc) is 3.14. The van der Waals surface area contributed by atoms with Crippen LogP contribution in [0.4, 0.5) is 11.4 Å². The number of hydrogen-bond acceptors (Lipinski definition) is 8. The molecule has 3 rings (SSSR count). The summed E-state index contributed by atoms with van der Waals surface area (Å²) >= 11 is 8.04. The van der Waals surface area contributed by atoms with Crippen LogP contribution in [0.3, 0.4) is 0 Å². The summed E-state index contributed by atoms with van der Waals surface area (Å²) in [4.78, 5) is 27.2. The Morgan fingerprint density at radius 2 is 2.07 bits per heavy atom. The SMILES string of the molecule is COc1cc([N+](=O)[O-])ccc1NC(=S)NNC(=O)[C@H](C)Sc1nc2ccccc2s1. The van der Waals surface area contributed by atoms with Crippen molar-refractivity contribution in [3.63, 3.8) is 0 Å². The highest BCUT2D eigenvalue weighted by atomic mass is 32.2. The van der Waals surface area contributed by atoms with Gasteiger partial charge in [0.1, 0.15) is 5.75 Å². The van der Waals surface area contributed by atoms with Crippen molar-refractivity contribution in [2.24, 2.45) is 0 Å². The van der Waals surface area contributed by atoms with Gasteiger partial charge in [-0.2, -0.15) is 0 Å². The number of aromatic nitrogens is 1. The molecule has 0 unspecified atom stereocenters. The number of rotatable bonds is 6. The predicted molar refractivity (Wildman–Crippen MR) is 122 cm³/mol. The first-order valence-corrected chi connectivity index (χ1v) is 10.7. The number of nitro benzene ring substituents is 1. The first kappa shape index (κ1) is 21.7. The van der Waals surface area contributed by atoms with Crippen LogP contribution in [0.25, 0.3) is 10.2 Å². The number of ether oxygens (including phenoxy) is 1. The van der Waals surface area contributed by atoms with E-state index in [4.69, 9.17) is 17.0 Å². The number of carbonyl (C=O) groups excluding carboxylic acids is 1. The van der Waals surface area contributed by atoms with Crippen molar-refractivity contribution in [2.75, 3.05) is 12.4 Å². The lowest BCUT2D eigenvalue weighted by molar-refractivity contribution is -0.384. The molecule has 0 saturated heterocycles. The van der Waals surface area contributed by atoms with Gasteiger partial charge in [0.25, 0.3) is 11.6 Å². The molecule has 0 spiro atoms. The minimum atomic E-state index is -0.520. The number of thioether (sulfide) groups is 1. The number of hydrazine groups is 1. The fraction of sp³-hybridized carbons (Fsp3) is 0.167. The van der Waals surface area contributed by atoms with Gasteiger partial charge in [-0.1, -0.05) is 23.9 Å². The molecular weight excluding hydrogens is 446 g/mol. The van der Waals surface area contributed by atoms with E-state index in [9.17, 15) is 14.9 Å². The Morgan fingerprint density at radius 3 is 2.77 bits per heavy atom. The highest BCUT2D eigenvalue weighted by molar-refractivity contribution is 8.02. The van der Waals surface area contributed by atoms with E-state index in [2.05, 4.69) is 21.2 Å². The highest BCUT2D eigenvalue weighted by Gasteiger charge is 2.17. The molecule has 0 aliphatic rings. The third kappa shape index (κ3) is 5.34. The van der Waals surface area contributed by atoms with Gasteiger partial charge in [0, 0.05) is 6.07 Å². The van der Waals surface area contributed by atoms with Crippen LogP contribution in [0.5, 0.6) is 5.75 Å². The number of hydrogen-bond donors (Lipinski definition) is 3. The summed E-state index contributed by atoms with van der Waals surface area (Å²) in [5.74, 6) is -0.0292. The topological polar surface area (TPSA) is 118 Å². The molecule has 0 fully saturated rings. The number of thiazole rings is 1. The third-order valence-electron chi connectivity index (χ3n) is 3.86. The fourth-order valence-electron chi connectivity index (χ4n) is 2.38. The minimum absolute atomic E-state index is 0.104. The largest absolute Gasteiger partial charge is 0.494 e. The zero-order valence-electron chi connectivity index (χ0n) is 15.9. The smallest absolute Gasteiger partial charge is 0.273 e. The number of methoxy groups -OCH3 is 1. The first-order valence-electron chi connectivity index (χ1n) is 8.59. The van der Waals surface area contributed by atoms with Gasteiger partial charge in [0.2, 0.25) is 0 Å². The lowest BCUT2D eigenvalue weighted by Gasteiger charge is -2.15. The molecule has 0 aliphatic carbocycles. The van der Waals surface area contributed by atoms with Crippen molar-refractivity contribution in [2.45, 2.75) is 16.5 Å². The van der Waals surface area contributed by atoms with Gasteiger partial charge in [0.15, 0.2) is 9.45 Å². The number of nitrogens with zero attached hydrogens (tertiary/aromatic N) is 2. The maximum atomic E-state index is 12.4. The molecule has 1 heterocycles. The first-order chi connectivity index (χ1) is 14.4.